The Bertz CT molecular complexity index is 696. The van der Waals surface area contributed by atoms with E-state index in [2.05, 4.69) is 34.3 Å². The van der Waals surface area contributed by atoms with Gasteiger partial charge in [0.2, 0.25) is 0 Å². The minimum Gasteiger partial charge on any atom is -0.324 e. The monoisotopic (exact) mass is 348 g/mol. The molecule has 0 spiro atoms. The van der Waals surface area contributed by atoms with Crippen molar-refractivity contribution in [2.75, 3.05) is 32.0 Å². The van der Waals surface area contributed by atoms with Gasteiger partial charge in [-0.05, 0) is 26.3 Å². The van der Waals surface area contributed by atoms with Gasteiger partial charge < -0.3 is 9.80 Å². The molecule has 0 saturated carbocycles. The molecule has 0 radical (unpaired) electrons. The molecule has 0 aliphatic carbocycles. The first kappa shape index (κ1) is 16.9. The number of nitrogens with one attached hydrogen (secondary N) is 1. The van der Waals surface area contributed by atoms with E-state index in [1.165, 1.54) is 4.88 Å². The molecule has 3 heterocycles. The normalized spacial score (nSPS) is 17.7. The zero-order valence-electron chi connectivity index (χ0n) is 14.4. The molecular formula is C16H24N6OS. The molecule has 1 saturated heterocycles. The summed E-state index contributed by atoms with van der Waals surface area (Å²) in [4.78, 5) is 22.1. The Labute approximate surface area is 146 Å². The van der Waals surface area contributed by atoms with Gasteiger partial charge in [0.1, 0.15) is 0 Å². The Hall–Kier alpha value is -1.93. The maximum absolute atomic E-state index is 12.3. The maximum Gasteiger partial charge on any atom is 0.323 e. The number of hydrogen-bond donors (Lipinski definition) is 1. The number of urea groups is 1. The fourth-order valence-corrected chi connectivity index (χ4v) is 3.92. The summed E-state index contributed by atoms with van der Waals surface area (Å²) in [5.74, 6) is 1.11. The second kappa shape index (κ2) is 7.31. The number of aromatic nitrogens is 3. The average molecular weight is 348 g/mol. The number of rotatable bonds is 5. The van der Waals surface area contributed by atoms with Gasteiger partial charge in [0.05, 0.1) is 11.2 Å². The Morgan fingerprint density at radius 2 is 2.38 bits per heavy atom. The van der Waals surface area contributed by atoms with Crippen LogP contribution >= 0.6 is 11.3 Å². The fraction of sp³-hybridized carbons (Fsp3) is 0.562. The summed E-state index contributed by atoms with van der Waals surface area (Å²) in [7, 11) is 3.97. The summed E-state index contributed by atoms with van der Waals surface area (Å²) in [6, 6.07) is 1.74. The Balaban J connectivity index is 1.46. The first-order valence-corrected chi connectivity index (χ1v) is 9.02. The predicted octanol–water partition coefficient (Wildman–Crippen LogP) is 2.17. The van der Waals surface area contributed by atoms with Crippen molar-refractivity contribution in [3.8, 4) is 0 Å². The van der Waals surface area contributed by atoms with Crippen LogP contribution in [-0.4, -0.2) is 57.3 Å². The largest absolute Gasteiger partial charge is 0.324 e. The van der Waals surface area contributed by atoms with Crippen LogP contribution < -0.4 is 5.32 Å². The van der Waals surface area contributed by atoms with E-state index in [9.17, 15) is 4.79 Å². The predicted molar refractivity (Wildman–Crippen MR) is 95.1 cm³/mol. The molecular weight excluding hydrogens is 324 g/mol. The summed E-state index contributed by atoms with van der Waals surface area (Å²) in [5, 5.41) is 7.04. The zero-order valence-corrected chi connectivity index (χ0v) is 15.2. The number of hydrogen-bond acceptors (Lipinski definition) is 5. The summed E-state index contributed by atoms with van der Waals surface area (Å²) in [6.45, 7) is 5.57. The lowest BCUT2D eigenvalue weighted by atomic mass is 10.1. The molecule has 1 fully saturated rings. The third-order valence-electron chi connectivity index (χ3n) is 4.35. The number of amides is 2. The van der Waals surface area contributed by atoms with Crippen LogP contribution in [-0.2, 0) is 13.6 Å². The number of anilines is 1. The molecule has 0 unspecified atom stereocenters. The molecule has 2 aromatic heterocycles. The standard InChI is InChI=1S/C16H24N6OS/c1-12-14(24-11-17-12)10-20(2)8-13-4-7-22(9-13)16(23)18-15-5-6-21(3)19-15/h5-6,11,13H,4,7-10H2,1-3H3,(H,18,19,23)/t13-/m1/s1. The number of nitrogens with zero attached hydrogens (tertiary/aromatic N) is 5. The molecule has 8 heteroatoms. The summed E-state index contributed by atoms with van der Waals surface area (Å²) in [6.07, 6.45) is 2.86. The minimum absolute atomic E-state index is 0.0582. The molecule has 130 valence electrons. The SMILES string of the molecule is Cc1ncsc1CN(C)C[C@H]1CCN(C(=O)Nc2ccn(C)n2)C1. The molecule has 1 N–H and O–H groups in total. The van der Waals surface area contributed by atoms with Crippen molar-refractivity contribution in [1.82, 2.24) is 24.6 Å². The second-order valence-corrected chi connectivity index (χ2v) is 7.40. The van der Waals surface area contributed by atoms with E-state index in [4.69, 9.17) is 0 Å². The van der Waals surface area contributed by atoms with E-state index in [-0.39, 0.29) is 6.03 Å². The molecule has 2 aromatic rings. The minimum atomic E-state index is -0.0582. The Kier molecular flexibility index (Phi) is 5.15. The van der Waals surface area contributed by atoms with Crippen molar-refractivity contribution in [2.45, 2.75) is 19.9 Å². The van der Waals surface area contributed by atoms with Crippen molar-refractivity contribution in [1.29, 1.82) is 0 Å². The number of carbonyl (C=O) groups is 1. The third kappa shape index (κ3) is 4.12. The van der Waals surface area contributed by atoms with Crippen LogP contribution in [0.5, 0.6) is 0 Å². The molecule has 0 aromatic carbocycles. The van der Waals surface area contributed by atoms with Crippen LogP contribution in [0.4, 0.5) is 10.6 Å². The highest BCUT2D eigenvalue weighted by Crippen LogP contribution is 2.20. The van der Waals surface area contributed by atoms with Crippen molar-refractivity contribution >= 4 is 23.2 Å². The van der Waals surface area contributed by atoms with Gasteiger partial charge in [0.25, 0.3) is 0 Å². The fourth-order valence-electron chi connectivity index (χ4n) is 3.06. The molecule has 1 atom stereocenters. The second-order valence-electron chi connectivity index (χ2n) is 6.46. The zero-order chi connectivity index (χ0) is 17.1. The van der Waals surface area contributed by atoms with Gasteiger partial charge in [-0.1, -0.05) is 0 Å². The third-order valence-corrected chi connectivity index (χ3v) is 5.27. The molecule has 24 heavy (non-hydrogen) atoms. The van der Waals surface area contributed by atoms with Crippen LogP contribution in [0.3, 0.4) is 0 Å². The van der Waals surface area contributed by atoms with Gasteiger partial charge in [-0.3, -0.25) is 10.00 Å². The molecule has 1 aliphatic rings. The Morgan fingerprint density at radius 1 is 1.54 bits per heavy atom. The van der Waals surface area contributed by atoms with Gasteiger partial charge in [-0.15, -0.1) is 11.3 Å². The summed E-state index contributed by atoms with van der Waals surface area (Å²) in [5.41, 5.74) is 3.02. The lowest BCUT2D eigenvalue weighted by Gasteiger charge is -2.21. The van der Waals surface area contributed by atoms with Crippen LogP contribution in [0.25, 0.3) is 0 Å². The molecule has 3 rings (SSSR count). The highest BCUT2D eigenvalue weighted by Gasteiger charge is 2.27. The van der Waals surface area contributed by atoms with Gasteiger partial charge in [-0.2, -0.15) is 5.10 Å². The quantitative estimate of drug-likeness (QED) is 0.899. The maximum atomic E-state index is 12.3. The van der Waals surface area contributed by atoms with Crippen LogP contribution in [0.15, 0.2) is 17.8 Å². The number of likely N-dealkylation sites (tertiary alicyclic amines) is 1. The van der Waals surface area contributed by atoms with Crippen molar-refractivity contribution < 1.29 is 4.79 Å². The van der Waals surface area contributed by atoms with E-state index in [0.717, 1.165) is 38.3 Å². The van der Waals surface area contributed by atoms with Gasteiger partial charge in [0, 0.05) is 50.4 Å². The summed E-state index contributed by atoms with van der Waals surface area (Å²) < 4.78 is 1.68. The van der Waals surface area contributed by atoms with E-state index in [1.54, 1.807) is 22.1 Å². The highest BCUT2D eigenvalue weighted by atomic mass is 32.1. The van der Waals surface area contributed by atoms with Gasteiger partial charge >= 0.3 is 6.03 Å². The van der Waals surface area contributed by atoms with Gasteiger partial charge in [0.15, 0.2) is 5.82 Å². The topological polar surface area (TPSA) is 66.3 Å². The Morgan fingerprint density at radius 3 is 3.04 bits per heavy atom. The molecule has 2 amide bonds. The smallest absolute Gasteiger partial charge is 0.323 e. The van der Waals surface area contributed by atoms with Gasteiger partial charge in [-0.25, -0.2) is 9.78 Å². The lowest BCUT2D eigenvalue weighted by Crippen LogP contribution is -2.34. The lowest BCUT2D eigenvalue weighted by molar-refractivity contribution is 0.216. The number of carbonyl (C=O) groups excluding carboxylic acids is 1. The molecule has 1 aliphatic heterocycles. The van der Waals surface area contributed by atoms with E-state index in [0.29, 0.717) is 11.7 Å². The molecule has 0 bridgehead atoms. The number of aryl methyl sites for hydroxylation is 2. The van der Waals surface area contributed by atoms with Crippen molar-refractivity contribution in [3.05, 3.63) is 28.3 Å². The molecule has 7 nitrogen and oxygen atoms in total. The summed E-state index contributed by atoms with van der Waals surface area (Å²) >= 11 is 1.71. The van der Waals surface area contributed by atoms with Crippen LogP contribution in [0, 0.1) is 12.8 Å². The van der Waals surface area contributed by atoms with Crippen LogP contribution in [0.1, 0.15) is 17.0 Å². The first-order valence-electron chi connectivity index (χ1n) is 8.14. The first-order chi connectivity index (χ1) is 11.5. The highest BCUT2D eigenvalue weighted by molar-refractivity contribution is 7.09. The van der Waals surface area contributed by atoms with Crippen molar-refractivity contribution in [2.24, 2.45) is 13.0 Å². The van der Waals surface area contributed by atoms with Crippen molar-refractivity contribution in [3.63, 3.8) is 0 Å². The van der Waals surface area contributed by atoms with E-state index >= 15 is 0 Å². The van der Waals surface area contributed by atoms with Crippen LogP contribution in [0.2, 0.25) is 0 Å². The average Bonchev–Trinajstić information content (AvgIpc) is 3.23. The van der Waals surface area contributed by atoms with E-state index < -0.39 is 0 Å². The number of thiazole rings is 1. The van der Waals surface area contributed by atoms with E-state index in [1.807, 2.05) is 23.7 Å².